The molecule has 26 heavy (non-hydrogen) atoms. The molecule has 0 radical (unpaired) electrons. The van der Waals surface area contributed by atoms with Gasteiger partial charge in [-0.3, -0.25) is 4.79 Å². The van der Waals surface area contributed by atoms with Crippen LogP contribution in [-0.4, -0.2) is 24.0 Å². The first-order chi connectivity index (χ1) is 12.4. The van der Waals surface area contributed by atoms with E-state index >= 15 is 0 Å². The topological polar surface area (TPSA) is 81.4 Å². The number of hydrogen-bond donors (Lipinski definition) is 2. The van der Waals surface area contributed by atoms with Crippen molar-refractivity contribution < 1.29 is 14.3 Å². The second-order valence-electron chi connectivity index (χ2n) is 6.54. The number of fused-ring (bicyclic) bond motifs is 1. The Morgan fingerprint density at radius 1 is 1.19 bits per heavy atom. The van der Waals surface area contributed by atoms with Gasteiger partial charge in [-0.25, -0.2) is 4.79 Å². The molecule has 0 spiro atoms. The molecule has 0 heterocycles. The second kappa shape index (κ2) is 7.11. The predicted octanol–water partition coefficient (Wildman–Crippen LogP) is 3.17. The van der Waals surface area contributed by atoms with Crippen molar-refractivity contribution in [2.24, 2.45) is 0 Å². The van der Waals surface area contributed by atoms with Crippen LogP contribution in [0.3, 0.4) is 0 Å². The molecule has 0 saturated carbocycles. The molecule has 0 saturated heterocycles. The summed E-state index contributed by atoms with van der Waals surface area (Å²) in [5.74, 6) is -0.814. The van der Waals surface area contributed by atoms with Crippen LogP contribution in [0.15, 0.2) is 40.9 Å². The molecule has 5 nitrogen and oxygen atoms in total. The largest absolute Gasteiger partial charge is 0.464 e. The molecule has 0 atom stereocenters. The zero-order chi connectivity index (χ0) is 18.9. The fraction of sp³-hybridized carbons (Fsp3) is 0.300. The lowest BCUT2D eigenvalue weighted by Crippen LogP contribution is -2.56. The van der Waals surface area contributed by atoms with Crippen molar-refractivity contribution in [1.82, 2.24) is 5.32 Å². The quantitative estimate of drug-likeness (QED) is 0.592. The van der Waals surface area contributed by atoms with Crippen LogP contribution in [-0.2, 0) is 22.4 Å². The Kier molecular flexibility index (Phi) is 5.05. The van der Waals surface area contributed by atoms with Crippen LogP contribution in [0.4, 0.5) is 5.69 Å². The summed E-state index contributed by atoms with van der Waals surface area (Å²) in [5, 5.41) is 2.93. The van der Waals surface area contributed by atoms with Crippen LogP contribution in [0.1, 0.15) is 34.0 Å². The molecule has 6 heteroatoms. The molecule has 0 unspecified atom stereocenters. The number of ether oxygens (including phenoxy) is 1. The maximum absolute atomic E-state index is 13.0. The lowest BCUT2D eigenvalue weighted by atomic mass is 9.94. The van der Waals surface area contributed by atoms with Crippen LogP contribution in [0.25, 0.3) is 0 Å². The minimum atomic E-state index is -1.12. The Morgan fingerprint density at radius 2 is 1.81 bits per heavy atom. The smallest absolute Gasteiger partial charge is 0.332 e. The number of nitrogens with one attached hydrogen (secondary N) is 1. The number of aryl methyl sites for hydroxylation is 1. The van der Waals surface area contributed by atoms with Crippen molar-refractivity contribution >= 4 is 33.5 Å². The molecule has 136 valence electrons. The molecular formula is C20H21BrN2O3. The minimum Gasteiger partial charge on any atom is -0.464 e. The van der Waals surface area contributed by atoms with Gasteiger partial charge < -0.3 is 15.8 Å². The first-order valence-corrected chi connectivity index (χ1v) is 9.28. The Bertz CT molecular complexity index is 854. The van der Waals surface area contributed by atoms with Crippen molar-refractivity contribution in [1.29, 1.82) is 0 Å². The number of benzene rings is 2. The van der Waals surface area contributed by atoms with Crippen molar-refractivity contribution in [3.63, 3.8) is 0 Å². The number of anilines is 1. The van der Waals surface area contributed by atoms with Gasteiger partial charge in [0.25, 0.3) is 5.91 Å². The summed E-state index contributed by atoms with van der Waals surface area (Å²) in [6, 6.07) is 11.3. The van der Waals surface area contributed by atoms with Gasteiger partial charge in [0, 0.05) is 23.0 Å². The Hall–Kier alpha value is -2.34. The van der Waals surface area contributed by atoms with Crippen LogP contribution in [0.5, 0.6) is 0 Å². The summed E-state index contributed by atoms with van der Waals surface area (Å²) in [7, 11) is 0. The molecule has 3 N–H and O–H groups in total. The van der Waals surface area contributed by atoms with E-state index < -0.39 is 11.5 Å². The van der Waals surface area contributed by atoms with Crippen LogP contribution < -0.4 is 11.1 Å². The number of halogens is 1. The number of rotatable bonds is 4. The van der Waals surface area contributed by atoms with E-state index in [2.05, 4.69) is 21.2 Å². The number of nitrogen functional groups attached to an aromatic ring is 1. The van der Waals surface area contributed by atoms with Crippen LogP contribution >= 0.6 is 15.9 Å². The fourth-order valence-corrected chi connectivity index (χ4v) is 3.92. The van der Waals surface area contributed by atoms with Crippen molar-refractivity contribution in [2.45, 2.75) is 32.2 Å². The van der Waals surface area contributed by atoms with Gasteiger partial charge in [0.15, 0.2) is 0 Å². The van der Waals surface area contributed by atoms with Gasteiger partial charge in [0.05, 0.1) is 12.2 Å². The molecule has 1 amide bonds. The normalized spacial score (nSPS) is 14.6. The van der Waals surface area contributed by atoms with Gasteiger partial charge in [0.2, 0.25) is 0 Å². The average molecular weight is 417 g/mol. The van der Waals surface area contributed by atoms with E-state index in [1.165, 1.54) is 0 Å². The number of esters is 1. The van der Waals surface area contributed by atoms with Gasteiger partial charge in [-0.2, -0.15) is 0 Å². The number of carbonyl (C=O) groups excluding carboxylic acids is 2. The lowest BCUT2D eigenvalue weighted by Gasteiger charge is -2.28. The molecular weight excluding hydrogens is 396 g/mol. The molecule has 2 aromatic carbocycles. The third-order valence-corrected chi connectivity index (χ3v) is 5.74. The Morgan fingerprint density at radius 3 is 2.38 bits per heavy atom. The van der Waals surface area contributed by atoms with Gasteiger partial charge in [-0.1, -0.05) is 30.3 Å². The monoisotopic (exact) mass is 416 g/mol. The van der Waals surface area contributed by atoms with Gasteiger partial charge in [0.1, 0.15) is 5.54 Å². The van der Waals surface area contributed by atoms with E-state index in [-0.39, 0.29) is 12.5 Å². The first kappa shape index (κ1) is 18.5. The lowest BCUT2D eigenvalue weighted by molar-refractivity contribution is -0.150. The van der Waals surface area contributed by atoms with Crippen molar-refractivity contribution in [3.8, 4) is 0 Å². The summed E-state index contributed by atoms with van der Waals surface area (Å²) >= 11 is 3.44. The molecule has 0 fully saturated rings. The highest BCUT2D eigenvalue weighted by atomic mass is 79.9. The molecule has 3 rings (SSSR count). The predicted molar refractivity (Wildman–Crippen MR) is 104 cm³/mol. The maximum Gasteiger partial charge on any atom is 0.332 e. The van der Waals surface area contributed by atoms with Gasteiger partial charge in [-0.05, 0) is 52.5 Å². The Labute approximate surface area is 161 Å². The third kappa shape index (κ3) is 3.21. The highest BCUT2D eigenvalue weighted by Gasteiger charge is 2.46. The SMILES string of the molecule is CCOC(=O)C1(NC(=O)c2c(N)ccc(C)c2Br)Cc2ccccc2C1. The molecule has 2 aromatic rings. The molecule has 0 aliphatic heterocycles. The summed E-state index contributed by atoms with van der Waals surface area (Å²) in [6.07, 6.45) is 0.800. The van der Waals surface area contributed by atoms with Gasteiger partial charge >= 0.3 is 5.97 Å². The molecule has 1 aliphatic carbocycles. The zero-order valence-electron chi connectivity index (χ0n) is 14.8. The highest BCUT2D eigenvalue weighted by Crippen LogP contribution is 2.33. The number of nitrogens with two attached hydrogens (primary N) is 1. The zero-order valence-corrected chi connectivity index (χ0v) is 16.4. The van der Waals surface area contributed by atoms with E-state index in [1.807, 2.05) is 37.3 Å². The summed E-state index contributed by atoms with van der Waals surface area (Å²) < 4.78 is 5.91. The minimum absolute atomic E-state index is 0.253. The number of hydrogen-bond acceptors (Lipinski definition) is 4. The second-order valence-corrected chi connectivity index (χ2v) is 7.33. The summed E-state index contributed by atoms with van der Waals surface area (Å²) in [5.41, 5.74) is 8.57. The Balaban J connectivity index is 1.97. The van der Waals surface area contributed by atoms with Gasteiger partial charge in [-0.15, -0.1) is 0 Å². The average Bonchev–Trinajstić information content (AvgIpc) is 2.98. The van der Waals surface area contributed by atoms with E-state index in [0.29, 0.717) is 28.6 Å². The van der Waals surface area contributed by atoms with Crippen LogP contribution in [0.2, 0.25) is 0 Å². The van der Waals surface area contributed by atoms with Crippen molar-refractivity contribution in [2.75, 3.05) is 12.3 Å². The molecule has 0 bridgehead atoms. The maximum atomic E-state index is 13.0. The molecule has 0 aromatic heterocycles. The molecule has 1 aliphatic rings. The first-order valence-electron chi connectivity index (χ1n) is 8.49. The van der Waals surface area contributed by atoms with Crippen molar-refractivity contribution in [3.05, 3.63) is 63.1 Å². The number of amides is 1. The van der Waals surface area contributed by atoms with Crippen LogP contribution in [0, 0.1) is 6.92 Å². The van der Waals surface area contributed by atoms with E-state index in [4.69, 9.17) is 10.5 Å². The number of carbonyl (C=O) groups is 2. The van der Waals surface area contributed by atoms with E-state index in [0.717, 1.165) is 16.7 Å². The fourth-order valence-electron chi connectivity index (χ4n) is 3.37. The van der Waals surface area contributed by atoms with E-state index in [9.17, 15) is 9.59 Å². The standard InChI is InChI=1S/C20H21BrN2O3/c1-3-26-19(25)20(10-13-6-4-5-7-14(13)11-20)23-18(24)16-15(22)9-8-12(2)17(16)21/h4-9H,3,10-11,22H2,1-2H3,(H,23,24). The van der Waals surface area contributed by atoms with E-state index in [1.54, 1.807) is 13.0 Å². The highest BCUT2D eigenvalue weighted by molar-refractivity contribution is 9.10. The summed E-state index contributed by atoms with van der Waals surface area (Å²) in [6.45, 7) is 3.89. The summed E-state index contributed by atoms with van der Waals surface area (Å²) in [4.78, 5) is 25.8. The third-order valence-electron chi connectivity index (χ3n) is 4.72.